The van der Waals surface area contributed by atoms with E-state index in [2.05, 4.69) is 5.32 Å². The summed E-state index contributed by atoms with van der Waals surface area (Å²) in [4.78, 5) is 24.9. The molecule has 1 N–H and O–H groups in total. The van der Waals surface area contributed by atoms with Crippen molar-refractivity contribution in [3.8, 4) is 5.75 Å². The number of anilines is 1. The summed E-state index contributed by atoms with van der Waals surface area (Å²) in [6.07, 6.45) is 1.59. The van der Waals surface area contributed by atoms with Gasteiger partial charge in [0.1, 0.15) is 5.75 Å². The Hall–Kier alpha value is -3.34. The molecule has 138 valence electrons. The van der Waals surface area contributed by atoms with Crippen molar-refractivity contribution in [2.24, 2.45) is 0 Å². The zero-order valence-electron chi connectivity index (χ0n) is 15.7. The van der Waals surface area contributed by atoms with Gasteiger partial charge in [-0.15, -0.1) is 0 Å². The minimum Gasteiger partial charge on any atom is -0.497 e. The molecule has 1 amide bonds. The lowest BCUT2D eigenvalue weighted by Crippen LogP contribution is -2.22. The van der Waals surface area contributed by atoms with Crippen molar-refractivity contribution in [3.05, 3.63) is 93.4 Å². The highest BCUT2D eigenvalue weighted by Gasteiger charge is 2.10. The van der Waals surface area contributed by atoms with Gasteiger partial charge in [-0.25, -0.2) is 0 Å². The van der Waals surface area contributed by atoms with Crippen LogP contribution >= 0.6 is 0 Å². The topological polar surface area (TPSA) is 60.3 Å². The first kappa shape index (κ1) is 18.5. The number of benzene rings is 2. The van der Waals surface area contributed by atoms with Crippen LogP contribution in [-0.2, 0) is 6.54 Å². The molecular formula is C22H22N2O3. The zero-order valence-corrected chi connectivity index (χ0v) is 15.7. The second kappa shape index (κ2) is 7.91. The molecule has 1 aromatic heterocycles. The molecule has 0 atom stereocenters. The molecule has 1 heterocycles. The van der Waals surface area contributed by atoms with Gasteiger partial charge in [0.2, 0.25) is 0 Å². The zero-order chi connectivity index (χ0) is 19.4. The van der Waals surface area contributed by atoms with Crippen LogP contribution in [0.5, 0.6) is 5.75 Å². The fourth-order valence-electron chi connectivity index (χ4n) is 2.84. The summed E-state index contributed by atoms with van der Waals surface area (Å²) >= 11 is 0. The third kappa shape index (κ3) is 4.26. The third-order valence-corrected chi connectivity index (χ3v) is 4.59. The summed E-state index contributed by atoms with van der Waals surface area (Å²) in [6, 6.07) is 16.2. The molecule has 3 rings (SSSR count). The number of pyridine rings is 1. The molecule has 0 aliphatic carbocycles. The quantitative estimate of drug-likeness (QED) is 0.751. The largest absolute Gasteiger partial charge is 0.497 e. The molecular weight excluding hydrogens is 340 g/mol. The summed E-state index contributed by atoms with van der Waals surface area (Å²) in [6.45, 7) is 4.33. The monoisotopic (exact) mass is 362 g/mol. The smallest absolute Gasteiger partial charge is 0.257 e. The number of methoxy groups -OCH3 is 1. The molecule has 5 nitrogen and oxygen atoms in total. The number of aromatic nitrogens is 1. The Labute approximate surface area is 158 Å². The normalized spacial score (nSPS) is 10.5. The maximum Gasteiger partial charge on any atom is 0.257 e. The number of nitrogens with one attached hydrogen (secondary N) is 1. The van der Waals surface area contributed by atoms with E-state index in [1.807, 2.05) is 56.3 Å². The van der Waals surface area contributed by atoms with Gasteiger partial charge in [-0.05, 0) is 54.8 Å². The number of nitrogens with zero attached hydrogens (tertiary/aromatic N) is 1. The van der Waals surface area contributed by atoms with Gasteiger partial charge in [0.05, 0.1) is 19.2 Å². The lowest BCUT2D eigenvalue weighted by molar-refractivity contribution is 0.102. The molecule has 0 spiro atoms. The Morgan fingerprint density at radius 3 is 2.63 bits per heavy atom. The number of rotatable bonds is 5. The van der Waals surface area contributed by atoms with E-state index in [1.54, 1.807) is 19.4 Å². The van der Waals surface area contributed by atoms with E-state index in [0.29, 0.717) is 12.1 Å². The SMILES string of the molecule is COc1cccc(Cn2cc(C(=O)Nc3cccc(C)c3C)ccc2=O)c1. The van der Waals surface area contributed by atoms with Gasteiger partial charge in [0.25, 0.3) is 11.5 Å². The average molecular weight is 362 g/mol. The van der Waals surface area contributed by atoms with E-state index in [1.165, 1.54) is 10.6 Å². The highest BCUT2D eigenvalue weighted by Crippen LogP contribution is 2.19. The molecule has 0 aliphatic heterocycles. The highest BCUT2D eigenvalue weighted by molar-refractivity contribution is 6.04. The molecule has 0 bridgehead atoms. The Balaban J connectivity index is 1.85. The minimum absolute atomic E-state index is 0.166. The second-order valence-corrected chi connectivity index (χ2v) is 6.44. The van der Waals surface area contributed by atoms with Crippen LogP contribution in [0.4, 0.5) is 5.69 Å². The van der Waals surface area contributed by atoms with Crippen molar-refractivity contribution in [1.29, 1.82) is 0 Å². The molecule has 2 aromatic carbocycles. The molecule has 0 aliphatic rings. The van der Waals surface area contributed by atoms with Gasteiger partial charge < -0.3 is 14.6 Å². The summed E-state index contributed by atoms with van der Waals surface area (Å²) in [5.41, 5.74) is 4.08. The summed E-state index contributed by atoms with van der Waals surface area (Å²) in [5.74, 6) is 0.479. The number of carbonyl (C=O) groups excluding carboxylic acids is 1. The van der Waals surface area contributed by atoms with E-state index < -0.39 is 0 Å². The van der Waals surface area contributed by atoms with E-state index in [9.17, 15) is 9.59 Å². The van der Waals surface area contributed by atoms with E-state index in [0.717, 1.165) is 28.1 Å². The first-order chi connectivity index (χ1) is 13.0. The predicted molar refractivity (Wildman–Crippen MR) is 107 cm³/mol. The fraction of sp³-hybridized carbons (Fsp3) is 0.182. The number of amides is 1. The molecule has 0 saturated carbocycles. The van der Waals surface area contributed by atoms with Gasteiger partial charge in [-0.1, -0.05) is 24.3 Å². The number of hydrogen-bond acceptors (Lipinski definition) is 3. The Morgan fingerprint density at radius 2 is 1.85 bits per heavy atom. The van der Waals surface area contributed by atoms with Crippen molar-refractivity contribution < 1.29 is 9.53 Å². The number of ether oxygens (including phenoxy) is 1. The molecule has 0 radical (unpaired) electrons. The van der Waals surface area contributed by atoms with Crippen molar-refractivity contribution in [2.45, 2.75) is 20.4 Å². The van der Waals surface area contributed by atoms with Gasteiger partial charge >= 0.3 is 0 Å². The summed E-state index contributed by atoms with van der Waals surface area (Å²) in [7, 11) is 1.60. The highest BCUT2D eigenvalue weighted by atomic mass is 16.5. The molecule has 5 heteroatoms. The average Bonchev–Trinajstić information content (AvgIpc) is 2.67. The lowest BCUT2D eigenvalue weighted by Gasteiger charge is -2.12. The maximum atomic E-state index is 12.6. The number of hydrogen-bond donors (Lipinski definition) is 1. The van der Waals surface area contributed by atoms with Crippen molar-refractivity contribution in [3.63, 3.8) is 0 Å². The van der Waals surface area contributed by atoms with E-state index in [4.69, 9.17) is 4.74 Å². The Bertz CT molecular complexity index is 1040. The van der Waals surface area contributed by atoms with Crippen LogP contribution in [-0.4, -0.2) is 17.6 Å². The van der Waals surface area contributed by atoms with Crippen LogP contribution in [0.1, 0.15) is 27.0 Å². The van der Waals surface area contributed by atoms with Gasteiger partial charge in [0, 0.05) is 18.0 Å². The van der Waals surface area contributed by atoms with Crippen LogP contribution in [0, 0.1) is 13.8 Å². The molecule has 0 fully saturated rings. The van der Waals surface area contributed by atoms with Gasteiger partial charge in [-0.3, -0.25) is 9.59 Å². The standard InChI is InChI=1S/C22H22N2O3/c1-15-6-4-9-20(16(15)2)23-22(26)18-10-11-21(25)24(14-18)13-17-7-5-8-19(12-17)27-3/h4-12,14H,13H2,1-3H3,(H,23,26). The van der Waals surface area contributed by atoms with Crippen LogP contribution in [0.15, 0.2) is 65.6 Å². The first-order valence-corrected chi connectivity index (χ1v) is 8.69. The van der Waals surface area contributed by atoms with Crippen molar-refractivity contribution in [1.82, 2.24) is 4.57 Å². The van der Waals surface area contributed by atoms with Crippen LogP contribution in [0.25, 0.3) is 0 Å². The van der Waals surface area contributed by atoms with Crippen LogP contribution in [0.2, 0.25) is 0 Å². The van der Waals surface area contributed by atoms with Gasteiger partial charge in [-0.2, -0.15) is 0 Å². The van der Waals surface area contributed by atoms with E-state index in [-0.39, 0.29) is 11.5 Å². The summed E-state index contributed by atoms with van der Waals surface area (Å²) in [5, 5.41) is 2.92. The van der Waals surface area contributed by atoms with Crippen molar-refractivity contribution >= 4 is 11.6 Å². The number of carbonyl (C=O) groups is 1. The Kier molecular flexibility index (Phi) is 5.41. The molecule has 0 saturated heterocycles. The second-order valence-electron chi connectivity index (χ2n) is 6.44. The van der Waals surface area contributed by atoms with Gasteiger partial charge in [0.15, 0.2) is 0 Å². The summed E-state index contributed by atoms with van der Waals surface area (Å²) < 4.78 is 6.74. The van der Waals surface area contributed by atoms with Crippen LogP contribution in [0.3, 0.4) is 0 Å². The van der Waals surface area contributed by atoms with Crippen molar-refractivity contribution in [2.75, 3.05) is 12.4 Å². The Morgan fingerprint density at radius 1 is 1.07 bits per heavy atom. The first-order valence-electron chi connectivity index (χ1n) is 8.69. The maximum absolute atomic E-state index is 12.6. The molecule has 0 unspecified atom stereocenters. The van der Waals surface area contributed by atoms with E-state index >= 15 is 0 Å². The molecule has 3 aromatic rings. The number of aryl methyl sites for hydroxylation is 1. The third-order valence-electron chi connectivity index (χ3n) is 4.59. The predicted octanol–water partition coefficient (Wildman–Crippen LogP) is 3.77. The fourth-order valence-corrected chi connectivity index (χ4v) is 2.84. The van der Waals surface area contributed by atoms with Crippen LogP contribution < -0.4 is 15.6 Å². The lowest BCUT2D eigenvalue weighted by atomic mass is 10.1. The molecule has 27 heavy (non-hydrogen) atoms. The minimum atomic E-state index is -0.247.